The lowest BCUT2D eigenvalue weighted by Crippen LogP contribution is -2.16. The second-order valence-electron chi connectivity index (χ2n) is 1.08. The first-order chi connectivity index (χ1) is 2.77. The average molecular weight is 82.9 g/mol. The lowest BCUT2D eigenvalue weighted by atomic mass is 10.3. The molecule has 0 spiro atoms. The predicted molar refractivity (Wildman–Crippen MR) is 24.4 cm³/mol. The zero-order chi connectivity index (χ0) is 4.99. The summed E-state index contributed by atoms with van der Waals surface area (Å²) in [5.41, 5.74) is 0. The second-order valence-corrected chi connectivity index (χ2v) is 1.08. The summed E-state index contributed by atoms with van der Waals surface area (Å²) in [5, 5.41) is 2.22. The van der Waals surface area contributed by atoms with Crippen molar-refractivity contribution in [1.29, 1.82) is 0 Å². The van der Waals surface area contributed by atoms with Crippen molar-refractivity contribution >= 4 is 13.8 Å². The minimum absolute atomic E-state index is 0.0532. The van der Waals surface area contributed by atoms with Crippen LogP contribution >= 0.6 is 0 Å². The molecule has 0 amide bonds. The van der Waals surface area contributed by atoms with E-state index in [4.69, 9.17) is 7.98 Å². The minimum Gasteiger partial charge on any atom is -0.360 e. The lowest BCUT2D eigenvalue weighted by Gasteiger charge is -1.85. The van der Waals surface area contributed by atoms with E-state index in [-0.39, 0.29) is 12.3 Å². The van der Waals surface area contributed by atoms with Gasteiger partial charge >= 0.3 is 0 Å². The van der Waals surface area contributed by atoms with E-state index in [1.54, 1.807) is 0 Å². The first-order valence-corrected chi connectivity index (χ1v) is 1.70. The molecule has 6 heavy (non-hydrogen) atoms. The maximum atomic E-state index is 9.90. The Kier molecular flexibility index (Phi) is 2.76. The van der Waals surface area contributed by atoms with Gasteiger partial charge in [-0.1, -0.05) is 0 Å². The molecule has 0 aromatic heterocycles. The van der Waals surface area contributed by atoms with Gasteiger partial charge in [0.05, 0.1) is 0 Å². The van der Waals surface area contributed by atoms with Crippen LogP contribution in [0.25, 0.3) is 0 Å². The summed E-state index contributed by atoms with van der Waals surface area (Å²) in [6, 6.07) is 0. The molecule has 0 aliphatic heterocycles. The van der Waals surface area contributed by atoms with Crippen molar-refractivity contribution in [1.82, 2.24) is 5.23 Å². The Hall–Kier alpha value is -0.305. The van der Waals surface area contributed by atoms with Gasteiger partial charge in [-0.05, 0) is 6.92 Å². The number of ketones is 1. The molecule has 0 aromatic carbocycles. The molecular formula is C3H6BNO. The Balaban J connectivity index is 2.83. The third-order valence-corrected chi connectivity index (χ3v) is 0.351. The van der Waals surface area contributed by atoms with Crippen LogP contribution < -0.4 is 5.23 Å². The quantitative estimate of drug-likeness (QED) is 0.445. The molecule has 0 heterocycles. The van der Waals surface area contributed by atoms with Gasteiger partial charge in [0.15, 0.2) is 7.98 Å². The van der Waals surface area contributed by atoms with Crippen LogP contribution in [0.4, 0.5) is 0 Å². The highest BCUT2D eigenvalue weighted by Gasteiger charge is 1.82. The Bertz CT molecular complexity index is 54.8. The van der Waals surface area contributed by atoms with Crippen LogP contribution in [0.1, 0.15) is 6.92 Å². The normalized spacial score (nSPS) is 8.17. The van der Waals surface area contributed by atoms with E-state index < -0.39 is 0 Å². The smallest absolute Gasteiger partial charge is 0.178 e. The van der Waals surface area contributed by atoms with Crippen LogP contribution in [0.5, 0.6) is 0 Å². The van der Waals surface area contributed by atoms with Crippen molar-refractivity contribution in [3.63, 3.8) is 0 Å². The van der Waals surface area contributed by atoms with E-state index in [9.17, 15) is 4.79 Å². The fourth-order valence-electron chi connectivity index (χ4n) is 0.144. The molecule has 0 rings (SSSR count). The van der Waals surface area contributed by atoms with Crippen LogP contribution in [0.2, 0.25) is 0 Å². The number of carbonyl (C=O) groups excluding carboxylic acids is 1. The maximum absolute atomic E-state index is 9.90. The largest absolute Gasteiger partial charge is 0.360 e. The molecular weight excluding hydrogens is 76.9 g/mol. The van der Waals surface area contributed by atoms with Gasteiger partial charge in [0.25, 0.3) is 0 Å². The van der Waals surface area contributed by atoms with Gasteiger partial charge in [-0.15, -0.1) is 0 Å². The Labute approximate surface area is 38.4 Å². The van der Waals surface area contributed by atoms with Crippen LogP contribution in [0, 0.1) is 0 Å². The van der Waals surface area contributed by atoms with E-state index in [0.29, 0.717) is 0 Å². The summed E-state index contributed by atoms with van der Waals surface area (Å²) in [4.78, 5) is 9.90. The minimum atomic E-state index is 0.0532. The van der Waals surface area contributed by atoms with Crippen molar-refractivity contribution in [2.24, 2.45) is 0 Å². The molecule has 0 aliphatic rings. The summed E-state index contributed by atoms with van der Waals surface area (Å²) in [5.74, 6) is 0.0532. The van der Waals surface area contributed by atoms with Crippen molar-refractivity contribution in [3.05, 3.63) is 0 Å². The zero-order valence-corrected chi connectivity index (χ0v) is 3.69. The number of rotatable bonds is 2. The maximum Gasteiger partial charge on any atom is 0.178 e. The fourth-order valence-corrected chi connectivity index (χ4v) is 0.144. The molecule has 0 saturated carbocycles. The van der Waals surface area contributed by atoms with Gasteiger partial charge < -0.3 is 5.23 Å². The van der Waals surface area contributed by atoms with Crippen molar-refractivity contribution < 1.29 is 4.79 Å². The molecule has 3 heteroatoms. The Morgan fingerprint density at radius 2 is 2.50 bits per heavy atom. The highest BCUT2D eigenvalue weighted by Crippen LogP contribution is 1.56. The highest BCUT2D eigenvalue weighted by atomic mass is 16.1. The topological polar surface area (TPSA) is 29.1 Å². The Morgan fingerprint density at radius 1 is 2.00 bits per heavy atom. The molecule has 0 saturated heterocycles. The van der Waals surface area contributed by atoms with Crippen LogP contribution in [0.3, 0.4) is 0 Å². The molecule has 2 nitrogen and oxygen atoms in total. The van der Waals surface area contributed by atoms with E-state index in [1.807, 2.05) is 0 Å². The van der Waals surface area contributed by atoms with Crippen LogP contribution in [-0.4, -0.2) is 20.3 Å². The van der Waals surface area contributed by atoms with Crippen LogP contribution in [-0.2, 0) is 4.79 Å². The van der Waals surface area contributed by atoms with Crippen molar-refractivity contribution in [2.75, 3.05) is 6.54 Å². The van der Waals surface area contributed by atoms with Gasteiger partial charge in [-0.25, -0.2) is 0 Å². The SMILES string of the molecule is [B]NCC(C)=O. The monoisotopic (exact) mass is 83.1 g/mol. The molecule has 32 valence electrons. The summed E-state index contributed by atoms with van der Waals surface area (Å²) in [6.45, 7) is 1.74. The molecule has 2 radical (unpaired) electrons. The van der Waals surface area contributed by atoms with Gasteiger partial charge in [0, 0.05) is 6.54 Å². The summed E-state index contributed by atoms with van der Waals surface area (Å²) < 4.78 is 0. The molecule has 1 N–H and O–H groups in total. The lowest BCUT2D eigenvalue weighted by molar-refractivity contribution is -0.115. The summed E-state index contributed by atoms with van der Waals surface area (Å²) in [6.07, 6.45) is 0. The van der Waals surface area contributed by atoms with E-state index >= 15 is 0 Å². The second kappa shape index (κ2) is 2.91. The number of Topliss-reactive ketones (excluding diaryl/α,β-unsaturated/α-hetero) is 1. The van der Waals surface area contributed by atoms with Crippen LogP contribution in [0.15, 0.2) is 0 Å². The molecule has 0 atom stereocenters. The fraction of sp³-hybridized carbons (Fsp3) is 0.667. The molecule has 0 aromatic rings. The predicted octanol–water partition coefficient (Wildman–Crippen LogP) is -0.752. The molecule has 0 bridgehead atoms. The third kappa shape index (κ3) is 3.69. The van der Waals surface area contributed by atoms with Crippen molar-refractivity contribution in [2.45, 2.75) is 6.92 Å². The first-order valence-electron chi connectivity index (χ1n) is 1.70. The zero-order valence-electron chi connectivity index (χ0n) is 3.69. The molecule has 0 aliphatic carbocycles. The number of nitrogens with one attached hydrogen (secondary N) is 1. The summed E-state index contributed by atoms with van der Waals surface area (Å²) >= 11 is 0. The number of carbonyl (C=O) groups is 1. The van der Waals surface area contributed by atoms with Crippen molar-refractivity contribution in [3.8, 4) is 0 Å². The van der Waals surface area contributed by atoms with Gasteiger partial charge in [-0.3, -0.25) is 4.79 Å². The average Bonchev–Trinajstić information content (AvgIpc) is 1.35. The first kappa shape index (κ1) is 5.69. The molecule has 0 unspecified atom stereocenters. The number of hydrogen-bond acceptors (Lipinski definition) is 2. The molecule has 0 fully saturated rings. The standard InChI is InChI=1S/C3H6BNO/c1-3(6)2-5-4/h5H,2H2,1H3. The highest BCUT2D eigenvalue weighted by molar-refractivity contribution is 6.05. The third-order valence-electron chi connectivity index (χ3n) is 0.351. The van der Waals surface area contributed by atoms with Gasteiger partial charge in [0.2, 0.25) is 0 Å². The van der Waals surface area contributed by atoms with E-state index in [0.717, 1.165) is 0 Å². The van der Waals surface area contributed by atoms with Gasteiger partial charge in [0.1, 0.15) is 5.78 Å². The van der Waals surface area contributed by atoms with Gasteiger partial charge in [-0.2, -0.15) is 0 Å². The van der Waals surface area contributed by atoms with E-state index in [2.05, 4.69) is 5.23 Å². The number of hydrogen-bond donors (Lipinski definition) is 1. The summed E-state index contributed by atoms with van der Waals surface area (Å²) in [7, 11) is 4.76. The Morgan fingerprint density at radius 3 is 2.50 bits per heavy atom. The van der Waals surface area contributed by atoms with E-state index in [1.165, 1.54) is 6.92 Å².